The summed E-state index contributed by atoms with van der Waals surface area (Å²) in [6, 6.07) is 7.60. The third kappa shape index (κ3) is 5.06. The first-order valence-electron chi connectivity index (χ1n) is 9.25. The van der Waals surface area contributed by atoms with Crippen molar-refractivity contribution in [2.75, 3.05) is 12.4 Å². The summed E-state index contributed by atoms with van der Waals surface area (Å²) < 4.78 is 25.9. The van der Waals surface area contributed by atoms with Crippen molar-refractivity contribution in [1.29, 1.82) is 0 Å². The average molecular weight is 419 g/mol. The lowest BCUT2D eigenvalue weighted by Gasteiger charge is -2.11. The Bertz CT molecular complexity index is 1070. The highest BCUT2D eigenvalue weighted by Crippen LogP contribution is 2.31. The monoisotopic (exact) mass is 418 g/mol. The van der Waals surface area contributed by atoms with Gasteiger partial charge in [0.15, 0.2) is 0 Å². The number of sulfonamides is 1. The van der Waals surface area contributed by atoms with Crippen molar-refractivity contribution in [3.05, 3.63) is 52.2 Å². The minimum Gasteiger partial charge on any atom is -0.365 e. The summed E-state index contributed by atoms with van der Waals surface area (Å²) in [5.41, 5.74) is 3.04. The molecule has 150 valence electrons. The van der Waals surface area contributed by atoms with Gasteiger partial charge in [-0.05, 0) is 48.4 Å². The summed E-state index contributed by atoms with van der Waals surface area (Å²) in [5.74, 6) is 2.10. The summed E-state index contributed by atoms with van der Waals surface area (Å²) in [5, 5.41) is 6.71. The molecule has 0 aliphatic carbocycles. The Morgan fingerprint density at radius 1 is 1.18 bits per heavy atom. The Balaban J connectivity index is 1.85. The van der Waals surface area contributed by atoms with Crippen LogP contribution in [0.2, 0.25) is 0 Å². The molecule has 0 radical (unpaired) electrons. The van der Waals surface area contributed by atoms with E-state index in [-0.39, 0.29) is 5.75 Å². The summed E-state index contributed by atoms with van der Waals surface area (Å²) in [7, 11) is -1.86. The number of hydrogen-bond acceptors (Lipinski definition) is 6. The van der Waals surface area contributed by atoms with Crippen molar-refractivity contribution in [2.24, 2.45) is 5.92 Å². The first kappa shape index (κ1) is 20.7. The van der Waals surface area contributed by atoms with Crippen LogP contribution >= 0.6 is 11.3 Å². The van der Waals surface area contributed by atoms with Crippen molar-refractivity contribution < 1.29 is 8.42 Å². The van der Waals surface area contributed by atoms with E-state index in [0.717, 1.165) is 39.4 Å². The maximum absolute atomic E-state index is 11.8. The molecule has 0 saturated heterocycles. The van der Waals surface area contributed by atoms with Gasteiger partial charge >= 0.3 is 0 Å². The zero-order valence-corrected chi connectivity index (χ0v) is 18.2. The largest absolute Gasteiger partial charge is 0.365 e. The molecular formula is C20H26N4O2S2. The van der Waals surface area contributed by atoms with E-state index >= 15 is 0 Å². The van der Waals surface area contributed by atoms with E-state index in [1.54, 1.807) is 11.3 Å². The number of aryl methyl sites for hydroxylation is 1. The van der Waals surface area contributed by atoms with Gasteiger partial charge in [0.1, 0.15) is 16.5 Å². The van der Waals surface area contributed by atoms with E-state index in [0.29, 0.717) is 12.5 Å². The third-order valence-electron chi connectivity index (χ3n) is 4.37. The van der Waals surface area contributed by atoms with Crippen LogP contribution in [0, 0.1) is 12.8 Å². The van der Waals surface area contributed by atoms with Crippen LogP contribution in [0.5, 0.6) is 0 Å². The van der Waals surface area contributed by atoms with Crippen LogP contribution in [0.1, 0.15) is 36.4 Å². The van der Waals surface area contributed by atoms with Gasteiger partial charge in [-0.25, -0.2) is 23.1 Å². The molecule has 2 N–H and O–H groups in total. The maximum Gasteiger partial charge on any atom is 0.215 e. The molecule has 0 spiro atoms. The van der Waals surface area contributed by atoms with E-state index in [1.807, 2.05) is 31.2 Å². The van der Waals surface area contributed by atoms with Gasteiger partial charge in [-0.1, -0.05) is 38.1 Å². The molecule has 0 aliphatic rings. The van der Waals surface area contributed by atoms with E-state index in [9.17, 15) is 8.42 Å². The second kappa shape index (κ2) is 8.55. The van der Waals surface area contributed by atoms with Gasteiger partial charge in [-0.3, -0.25) is 0 Å². The summed E-state index contributed by atoms with van der Waals surface area (Å²) in [4.78, 5) is 10.2. The fourth-order valence-corrected chi connectivity index (χ4v) is 4.89. The van der Waals surface area contributed by atoms with E-state index < -0.39 is 10.0 Å². The molecule has 0 fully saturated rings. The average Bonchev–Trinajstić information content (AvgIpc) is 3.01. The summed E-state index contributed by atoms with van der Waals surface area (Å²) >= 11 is 1.65. The predicted molar refractivity (Wildman–Crippen MR) is 116 cm³/mol. The van der Waals surface area contributed by atoms with Crippen LogP contribution in [0.15, 0.2) is 29.6 Å². The van der Waals surface area contributed by atoms with Gasteiger partial charge in [-0.2, -0.15) is 0 Å². The highest BCUT2D eigenvalue weighted by Gasteiger charge is 2.14. The van der Waals surface area contributed by atoms with Crippen LogP contribution in [0.3, 0.4) is 0 Å². The molecule has 3 aromatic rings. The van der Waals surface area contributed by atoms with E-state index in [2.05, 4.69) is 39.2 Å². The van der Waals surface area contributed by atoms with Gasteiger partial charge in [-0.15, -0.1) is 11.3 Å². The molecule has 1 aromatic carbocycles. The van der Waals surface area contributed by atoms with Crippen molar-refractivity contribution in [1.82, 2.24) is 14.7 Å². The Morgan fingerprint density at radius 3 is 2.64 bits per heavy atom. The normalized spacial score (nSPS) is 12.0. The SMILES string of the molecule is CNS(=O)(=O)Cc1cccc(CNc2nc(C)nc3scc(CC(C)C)c23)c1. The summed E-state index contributed by atoms with van der Waals surface area (Å²) in [6.07, 6.45) is 0.985. The van der Waals surface area contributed by atoms with E-state index in [1.165, 1.54) is 12.6 Å². The fourth-order valence-electron chi connectivity index (χ4n) is 3.13. The fraction of sp³-hybridized carbons (Fsp3) is 0.400. The van der Waals surface area contributed by atoms with E-state index in [4.69, 9.17) is 0 Å². The second-order valence-corrected chi connectivity index (χ2v) is 10.1. The minimum atomic E-state index is -3.29. The molecule has 0 aliphatic heterocycles. The number of aromatic nitrogens is 2. The molecule has 0 amide bonds. The Labute approximate surface area is 170 Å². The first-order valence-corrected chi connectivity index (χ1v) is 11.8. The topological polar surface area (TPSA) is 84.0 Å². The number of rotatable bonds is 8. The molecule has 0 saturated carbocycles. The van der Waals surface area contributed by atoms with Gasteiger partial charge in [0.25, 0.3) is 0 Å². The first-order chi connectivity index (χ1) is 13.3. The van der Waals surface area contributed by atoms with Crippen LogP contribution in [-0.4, -0.2) is 25.4 Å². The molecule has 0 atom stereocenters. The number of nitrogens with one attached hydrogen (secondary N) is 2. The van der Waals surface area contributed by atoms with Gasteiger partial charge in [0.2, 0.25) is 10.0 Å². The van der Waals surface area contributed by atoms with Crippen LogP contribution in [0.4, 0.5) is 5.82 Å². The predicted octanol–water partition coefficient (Wildman–Crippen LogP) is 3.86. The lowest BCUT2D eigenvalue weighted by molar-refractivity contribution is 0.587. The maximum atomic E-state index is 11.8. The molecule has 2 heterocycles. The third-order valence-corrected chi connectivity index (χ3v) is 6.63. The molecule has 6 nitrogen and oxygen atoms in total. The molecule has 28 heavy (non-hydrogen) atoms. The quantitative estimate of drug-likeness (QED) is 0.580. The Hall–Kier alpha value is -2.03. The molecular weight excluding hydrogens is 392 g/mol. The van der Waals surface area contributed by atoms with Gasteiger partial charge < -0.3 is 5.32 Å². The highest BCUT2D eigenvalue weighted by atomic mass is 32.2. The molecule has 2 aromatic heterocycles. The minimum absolute atomic E-state index is 0.0305. The van der Waals surface area contributed by atoms with Gasteiger partial charge in [0.05, 0.1) is 11.1 Å². The lowest BCUT2D eigenvalue weighted by atomic mass is 10.0. The highest BCUT2D eigenvalue weighted by molar-refractivity contribution is 7.88. The van der Waals surface area contributed by atoms with Crippen molar-refractivity contribution >= 4 is 37.4 Å². The zero-order valence-electron chi connectivity index (χ0n) is 16.6. The lowest BCUT2D eigenvalue weighted by Crippen LogP contribution is -2.20. The smallest absolute Gasteiger partial charge is 0.215 e. The molecule has 8 heteroatoms. The van der Waals surface area contributed by atoms with Crippen molar-refractivity contribution in [3.8, 4) is 0 Å². The number of anilines is 1. The number of benzene rings is 1. The van der Waals surface area contributed by atoms with Crippen LogP contribution in [-0.2, 0) is 28.7 Å². The Morgan fingerprint density at radius 2 is 1.93 bits per heavy atom. The second-order valence-electron chi connectivity index (χ2n) is 7.30. The van der Waals surface area contributed by atoms with Crippen LogP contribution < -0.4 is 10.0 Å². The number of nitrogens with zero attached hydrogens (tertiary/aromatic N) is 2. The zero-order chi connectivity index (χ0) is 20.3. The summed E-state index contributed by atoms with van der Waals surface area (Å²) in [6.45, 7) is 6.87. The standard InChI is InChI=1S/C20H26N4O2S2/c1-13(2)8-17-11-27-20-18(17)19(23-14(3)24-20)22-10-15-6-5-7-16(9-15)12-28(25,26)21-4/h5-7,9,11,13,21H,8,10,12H2,1-4H3,(H,22,23,24). The molecule has 0 unspecified atom stereocenters. The van der Waals surface area contributed by atoms with Crippen molar-refractivity contribution in [2.45, 2.75) is 39.5 Å². The number of hydrogen-bond donors (Lipinski definition) is 2. The number of fused-ring (bicyclic) bond motifs is 1. The van der Waals surface area contributed by atoms with Gasteiger partial charge in [0, 0.05) is 6.54 Å². The molecule has 3 rings (SSSR count). The number of thiophene rings is 1. The molecule has 0 bridgehead atoms. The van der Waals surface area contributed by atoms with Crippen molar-refractivity contribution in [3.63, 3.8) is 0 Å². The Kier molecular flexibility index (Phi) is 6.32. The van der Waals surface area contributed by atoms with Crippen LogP contribution in [0.25, 0.3) is 10.2 Å².